The number of hydrogen-bond donors (Lipinski definition) is 2. The van der Waals surface area contributed by atoms with Gasteiger partial charge in [-0.2, -0.15) is 0 Å². The number of rotatable bonds is 4. The molecule has 0 radical (unpaired) electrons. The summed E-state index contributed by atoms with van der Waals surface area (Å²) in [5.41, 5.74) is 0.671. The second-order valence-corrected chi connectivity index (χ2v) is 9.30. The van der Waals surface area contributed by atoms with Gasteiger partial charge in [0.2, 0.25) is 0 Å². The van der Waals surface area contributed by atoms with Crippen LogP contribution in [0.2, 0.25) is 10.0 Å². The Morgan fingerprint density at radius 1 is 1.24 bits per heavy atom. The zero-order chi connectivity index (χ0) is 19.6. The van der Waals surface area contributed by atoms with Crippen molar-refractivity contribution in [3.63, 3.8) is 0 Å². The maximum atomic E-state index is 12.6. The molecule has 0 aliphatic heterocycles. The molecule has 29 heavy (non-hydrogen) atoms. The maximum absolute atomic E-state index is 12.6. The number of aromatic amines is 1. The van der Waals surface area contributed by atoms with Crippen LogP contribution < -0.4 is 34.7 Å². The van der Waals surface area contributed by atoms with Gasteiger partial charge in [-0.1, -0.05) is 35.4 Å². The molecule has 1 heterocycles. The van der Waals surface area contributed by atoms with Crippen molar-refractivity contribution in [3.8, 4) is 0 Å². The Hall–Kier alpha value is -0.980. The van der Waals surface area contributed by atoms with Crippen molar-refractivity contribution < 1.29 is 44.6 Å². The monoisotopic (exact) mass is 440 g/mol. The van der Waals surface area contributed by atoms with Crippen molar-refractivity contribution in [3.05, 3.63) is 39.5 Å². The molecule has 4 bridgehead atoms. The molecule has 4 saturated carbocycles. The molecule has 4 aliphatic carbocycles. The first-order valence-electron chi connectivity index (χ1n) is 9.53. The van der Waals surface area contributed by atoms with Crippen LogP contribution in [0.1, 0.15) is 48.2 Å². The number of hydrogen-bond acceptors (Lipinski definition) is 3. The van der Waals surface area contributed by atoms with Crippen LogP contribution in [0.15, 0.2) is 23.2 Å². The number of aliphatic imine (C=N–C) groups is 1. The molecule has 0 amide bonds. The zero-order valence-electron chi connectivity index (χ0n) is 16.0. The van der Waals surface area contributed by atoms with Gasteiger partial charge in [0.05, 0.1) is 10.6 Å². The van der Waals surface area contributed by atoms with Gasteiger partial charge >= 0.3 is 35.5 Å². The van der Waals surface area contributed by atoms with E-state index in [4.69, 9.17) is 23.2 Å². The van der Waals surface area contributed by atoms with Crippen molar-refractivity contribution in [2.24, 2.45) is 22.7 Å². The molecular formula is C21H19Cl2N2NaO3. The molecule has 5 nitrogen and oxygen atoms in total. The molecule has 2 N–H and O–H groups in total. The Labute approximate surface area is 200 Å². The number of carboxylic acid groups (broad SMARTS) is 1. The van der Waals surface area contributed by atoms with Gasteiger partial charge in [-0.15, -0.1) is 0 Å². The third-order valence-electron chi connectivity index (χ3n) is 6.74. The van der Waals surface area contributed by atoms with Gasteiger partial charge in [-0.05, 0) is 67.9 Å². The maximum Gasteiger partial charge on any atom is 1.00 e. The van der Waals surface area contributed by atoms with Crippen LogP contribution in [-0.2, 0) is 0 Å². The molecule has 8 heteroatoms. The summed E-state index contributed by atoms with van der Waals surface area (Å²) < 4.78 is 0. The van der Waals surface area contributed by atoms with Crippen LogP contribution in [0.4, 0.5) is 0 Å². The van der Waals surface area contributed by atoms with Gasteiger partial charge in [0.25, 0.3) is 0 Å². The predicted molar refractivity (Wildman–Crippen MR) is 108 cm³/mol. The Morgan fingerprint density at radius 2 is 1.93 bits per heavy atom. The number of H-pyrrole nitrogens is 1. The fraction of sp³-hybridized carbons (Fsp3) is 0.429. The third-order valence-corrected chi connectivity index (χ3v) is 7.26. The van der Waals surface area contributed by atoms with Gasteiger partial charge in [-0.3, -0.25) is 4.99 Å². The Kier molecular flexibility index (Phi) is 5.58. The molecule has 2 aromatic rings. The smallest absolute Gasteiger partial charge is 0.859 e. The van der Waals surface area contributed by atoms with Crippen molar-refractivity contribution in [1.29, 1.82) is 0 Å². The molecule has 0 spiro atoms. The summed E-state index contributed by atoms with van der Waals surface area (Å²) in [5.74, 6) is 0.539. The van der Waals surface area contributed by atoms with E-state index in [9.17, 15) is 15.0 Å². The average Bonchev–Trinajstić information content (AvgIpc) is 3.16. The topological polar surface area (TPSA) is 88.5 Å². The summed E-state index contributed by atoms with van der Waals surface area (Å²) in [6, 6.07) is 3.17. The van der Waals surface area contributed by atoms with Gasteiger partial charge in [0.15, 0.2) is 0 Å². The first-order valence-corrected chi connectivity index (χ1v) is 10.3. The second-order valence-electron chi connectivity index (χ2n) is 8.46. The van der Waals surface area contributed by atoms with Crippen LogP contribution in [0.5, 0.6) is 0 Å². The number of carbonyl (C=O) groups is 1. The molecule has 1 aromatic heterocycles. The largest absolute Gasteiger partial charge is 1.00 e. The van der Waals surface area contributed by atoms with Crippen molar-refractivity contribution >= 4 is 52.0 Å². The third kappa shape index (κ3) is 3.55. The normalized spacial score (nSPS) is 30.4. The summed E-state index contributed by atoms with van der Waals surface area (Å²) in [7, 11) is 0. The number of aromatic nitrogens is 1. The van der Waals surface area contributed by atoms with E-state index < -0.39 is 5.97 Å². The fourth-order valence-electron chi connectivity index (χ4n) is 5.96. The molecule has 146 valence electrons. The van der Waals surface area contributed by atoms with Crippen LogP contribution in [0.3, 0.4) is 0 Å². The molecular weight excluding hydrogens is 422 g/mol. The first-order chi connectivity index (χ1) is 13.3. The van der Waals surface area contributed by atoms with Crippen molar-refractivity contribution in [2.45, 2.75) is 37.6 Å². The number of benzene rings is 1. The minimum Gasteiger partial charge on any atom is -0.859 e. The molecule has 2 atom stereocenters. The number of nitrogens with zero attached hydrogens (tertiary/aromatic N) is 1. The summed E-state index contributed by atoms with van der Waals surface area (Å²) in [5, 5.41) is 23.4. The van der Waals surface area contributed by atoms with Gasteiger partial charge in [-0.25, -0.2) is 4.79 Å². The molecule has 1 aromatic carbocycles. The number of carboxylic acids is 1. The standard InChI is InChI=1S/C21H20Cl2N2O3.Na/c22-13-6-15(23)18-14(19(20(27)28)24-16(18)7-13)1-2-17(26)25-21-8-10-3-11(9-21)5-12(21)4-10;/h1-2,6-7,10-12,24H,3-5,8-9H2,(H,25,26)(H,27,28);/q;+1/p-1/b2-1+;. The molecule has 6 rings (SSSR count). The van der Waals surface area contributed by atoms with Crippen LogP contribution >= 0.6 is 23.2 Å². The summed E-state index contributed by atoms with van der Waals surface area (Å²) in [4.78, 5) is 19.1. The quantitative estimate of drug-likeness (QED) is 0.429. The minimum absolute atomic E-state index is 0. The van der Waals surface area contributed by atoms with Crippen LogP contribution in [0, 0.1) is 17.8 Å². The molecule has 2 unspecified atom stereocenters. The van der Waals surface area contributed by atoms with E-state index >= 15 is 0 Å². The molecule has 4 fully saturated rings. The number of halogens is 2. The zero-order valence-corrected chi connectivity index (χ0v) is 19.6. The Morgan fingerprint density at radius 3 is 2.59 bits per heavy atom. The van der Waals surface area contributed by atoms with E-state index in [1.165, 1.54) is 31.4 Å². The van der Waals surface area contributed by atoms with Crippen LogP contribution in [0.25, 0.3) is 17.0 Å². The summed E-state index contributed by atoms with van der Waals surface area (Å²) in [6.07, 6.45) is 8.59. The Balaban J connectivity index is 0.00000205. The number of nitrogens with one attached hydrogen (secondary N) is 1. The van der Waals surface area contributed by atoms with Gasteiger partial charge in [0, 0.05) is 21.5 Å². The average molecular weight is 441 g/mol. The number of fused-ring (bicyclic) bond motifs is 1. The molecule has 4 aliphatic rings. The summed E-state index contributed by atoms with van der Waals surface area (Å²) in [6.45, 7) is 0. The Bertz CT molecular complexity index is 1050. The minimum atomic E-state index is -1.13. The van der Waals surface area contributed by atoms with E-state index in [1.54, 1.807) is 12.1 Å². The van der Waals surface area contributed by atoms with E-state index in [-0.39, 0.29) is 46.7 Å². The van der Waals surface area contributed by atoms with Gasteiger partial charge < -0.3 is 15.2 Å². The van der Waals surface area contributed by atoms with Crippen LogP contribution in [-0.4, -0.2) is 27.5 Å². The SMILES string of the molecule is O=C(O)c1[nH]c2cc(Cl)cc(Cl)c2c1/C=C/C([O-])=NC12CC3CC(CC1C3)C2.[Na+]. The first kappa shape index (κ1) is 21.3. The predicted octanol–water partition coefficient (Wildman–Crippen LogP) is 1.53. The van der Waals surface area contributed by atoms with E-state index in [2.05, 4.69) is 9.98 Å². The van der Waals surface area contributed by atoms with Crippen molar-refractivity contribution in [2.75, 3.05) is 0 Å². The van der Waals surface area contributed by atoms with E-state index in [0.717, 1.165) is 12.8 Å². The summed E-state index contributed by atoms with van der Waals surface area (Å²) >= 11 is 12.3. The second kappa shape index (κ2) is 7.61. The van der Waals surface area contributed by atoms with E-state index in [0.29, 0.717) is 44.3 Å². The number of aromatic carboxylic acids is 1. The van der Waals surface area contributed by atoms with Gasteiger partial charge in [0.1, 0.15) is 5.69 Å². The van der Waals surface area contributed by atoms with Crippen molar-refractivity contribution in [1.82, 2.24) is 4.98 Å². The van der Waals surface area contributed by atoms with E-state index in [1.807, 2.05) is 0 Å². The molecule has 0 saturated heterocycles. The fourth-order valence-corrected chi connectivity index (χ4v) is 6.55.